The summed E-state index contributed by atoms with van der Waals surface area (Å²) in [5.74, 6) is 0. The Morgan fingerprint density at radius 3 is 2.74 bits per heavy atom. The zero-order valence-electron chi connectivity index (χ0n) is 11.3. The summed E-state index contributed by atoms with van der Waals surface area (Å²) >= 11 is 6.18. The van der Waals surface area contributed by atoms with Crippen LogP contribution in [-0.4, -0.2) is 30.6 Å². The molecule has 0 aliphatic carbocycles. The quantitative estimate of drug-likeness (QED) is 0.916. The van der Waals surface area contributed by atoms with Gasteiger partial charge >= 0.3 is 0 Å². The first-order valence-electron chi connectivity index (χ1n) is 6.91. The molecule has 0 spiro atoms. The zero-order valence-corrected chi connectivity index (χ0v) is 12.1. The van der Waals surface area contributed by atoms with Crippen LogP contribution in [0.1, 0.15) is 31.7 Å². The molecule has 4 heteroatoms. The lowest BCUT2D eigenvalue weighted by molar-refractivity contribution is 0.219. The molecular formula is C15H20ClN3. The molecule has 0 bridgehead atoms. The zero-order chi connectivity index (χ0) is 13.7. The highest BCUT2D eigenvalue weighted by atomic mass is 35.5. The lowest BCUT2D eigenvalue weighted by Crippen LogP contribution is -2.39. The van der Waals surface area contributed by atoms with Gasteiger partial charge in [0, 0.05) is 19.1 Å². The molecular weight excluding hydrogens is 258 g/mol. The van der Waals surface area contributed by atoms with E-state index < -0.39 is 0 Å². The number of nitrogens with one attached hydrogen (secondary N) is 1. The van der Waals surface area contributed by atoms with Crippen molar-refractivity contribution in [2.45, 2.75) is 32.2 Å². The van der Waals surface area contributed by atoms with Gasteiger partial charge in [0.25, 0.3) is 0 Å². The fourth-order valence-corrected chi connectivity index (χ4v) is 2.77. The van der Waals surface area contributed by atoms with Gasteiger partial charge in [-0.1, -0.05) is 18.5 Å². The molecule has 1 aromatic carbocycles. The van der Waals surface area contributed by atoms with Crippen molar-refractivity contribution >= 4 is 17.3 Å². The summed E-state index contributed by atoms with van der Waals surface area (Å²) in [5, 5.41) is 12.9. The number of piperidine rings is 1. The van der Waals surface area contributed by atoms with E-state index in [1.165, 1.54) is 13.0 Å². The Bertz CT molecular complexity index is 459. The highest BCUT2D eigenvalue weighted by Crippen LogP contribution is 2.25. The molecule has 1 heterocycles. The first kappa shape index (κ1) is 14.2. The Morgan fingerprint density at radius 1 is 1.42 bits per heavy atom. The molecule has 1 saturated heterocycles. The molecule has 3 nitrogen and oxygen atoms in total. The molecule has 102 valence electrons. The van der Waals surface area contributed by atoms with Crippen molar-refractivity contribution in [3.8, 4) is 6.07 Å². The van der Waals surface area contributed by atoms with Crippen LogP contribution >= 0.6 is 11.6 Å². The predicted octanol–water partition coefficient (Wildman–Crippen LogP) is 3.50. The molecule has 1 aromatic rings. The van der Waals surface area contributed by atoms with E-state index in [1.807, 2.05) is 6.07 Å². The number of benzene rings is 1. The van der Waals surface area contributed by atoms with Gasteiger partial charge in [-0.05, 0) is 44.0 Å². The second-order valence-electron chi connectivity index (χ2n) is 5.07. The summed E-state index contributed by atoms with van der Waals surface area (Å²) in [6, 6.07) is 8.01. The van der Waals surface area contributed by atoms with Gasteiger partial charge in [0.2, 0.25) is 0 Å². The lowest BCUT2D eigenvalue weighted by atomic mass is 10.0. The Morgan fingerprint density at radius 2 is 2.16 bits per heavy atom. The van der Waals surface area contributed by atoms with Crippen molar-refractivity contribution in [1.29, 1.82) is 5.26 Å². The second kappa shape index (κ2) is 6.79. The van der Waals surface area contributed by atoms with Crippen molar-refractivity contribution < 1.29 is 0 Å². The third kappa shape index (κ3) is 3.86. The van der Waals surface area contributed by atoms with Gasteiger partial charge in [0.15, 0.2) is 0 Å². The van der Waals surface area contributed by atoms with Crippen LogP contribution in [0, 0.1) is 11.3 Å². The summed E-state index contributed by atoms with van der Waals surface area (Å²) in [7, 11) is 0. The number of hydrogen-bond donors (Lipinski definition) is 1. The van der Waals surface area contributed by atoms with Crippen LogP contribution in [0.3, 0.4) is 0 Å². The van der Waals surface area contributed by atoms with E-state index in [1.54, 1.807) is 12.1 Å². The Balaban J connectivity index is 1.91. The number of nitriles is 1. The number of nitrogens with zero attached hydrogens (tertiary/aromatic N) is 2. The van der Waals surface area contributed by atoms with Crippen LogP contribution in [0.25, 0.3) is 0 Å². The largest absolute Gasteiger partial charge is 0.381 e. The minimum atomic E-state index is 0.485. The molecule has 1 fully saturated rings. The Labute approximate surface area is 120 Å². The van der Waals surface area contributed by atoms with E-state index in [4.69, 9.17) is 16.9 Å². The van der Waals surface area contributed by atoms with E-state index in [0.717, 1.165) is 31.6 Å². The van der Waals surface area contributed by atoms with Gasteiger partial charge in [0.05, 0.1) is 22.3 Å². The molecule has 0 amide bonds. The highest BCUT2D eigenvalue weighted by molar-refractivity contribution is 6.33. The monoisotopic (exact) mass is 277 g/mol. The molecule has 0 unspecified atom stereocenters. The summed E-state index contributed by atoms with van der Waals surface area (Å²) in [6.07, 6.45) is 3.52. The van der Waals surface area contributed by atoms with Crippen molar-refractivity contribution in [3.63, 3.8) is 0 Å². The number of anilines is 1. The molecule has 0 aromatic heterocycles. The maximum atomic E-state index is 8.82. The van der Waals surface area contributed by atoms with Crippen LogP contribution in [0.2, 0.25) is 5.02 Å². The SMILES string of the molecule is CCCN1CCC(Nc2ccc(C#N)cc2Cl)CC1. The molecule has 0 atom stereocenters. The standard InChI is InChI=1S/C15H20ClN3/c1-2-7-19-8-5-13(6-9-19)18-15-4-3-12(11-17)10-14(15)16/h3-4,10,13,18H,2,5-9H2,1H3. The van der Waals surface area contributed by atoms with E-state index in [0.29, 0.717) is 16.6 Å². The minimum Gasteiger partial charge on any atom is -0.381 e. The molecule has 19 heavy (non-hydrogen) atoms. The van der Waals surface area contributed by atoms with Crippen molar-refractivity contribution in [1.82, 2.24) is 4.90 Å². The maximum absolute atomic E-state index is 8.82. The van der Waals surface area contributed by atoms with Crippen molar-refractivity contribution in [2.24, 2.45) is 0 Å². The van der Waals surface area contributed by atoms with Gasteiger partial charge in [-0.15, -0.1) is 0 Å². The average Bonchev–Trinajstić information content (AvgIpc) is 2.43. The fraction of sp³-hybridized carbons (Fsp3) is 0.533. The molecule has 1 N–H and O–H groups in total. The molecule has 0 radical (unpaired) electrons. The lowest BCUT2D eigenvalue weighted by Gasteiger charge is -2.32. The van der Waals surface area contributed by atoms with E-state index in [-0.39, 0.29) is 0 Å². The van der Waals surface area contributed by atoms with E-state index >= 15 is 0 Å². The number of hydrogen-bond acceptors (Lipinski definition) is 3. The summed E-state index contributed by atoms with van der Waals surface area (Å²) in [4.78, 5) is 2.51. The van der Waals surface area contributed by atoms with E-state index in [2.05, 4.69) is 23.2 Å². The van der Waals surface area contributed by atoms with Gasteiger partial charge in [-0.2, -0.15) is 5.26 Å². The average molecular weight is 278 g/mol. The van der Waals surface area contributed by atoms with Crippen LogP contribution < -0.4 is 5.32 Å². The van der Waals surface area contributed by atoms with Crippen molar-refractivity contribution in [3.05, 3.63) is 28.8 Å². The van der Waals surface area contributed by atoms with E-state index in [9.17, 15) is 0 Å². The smallest absolute Gasteiger partial charge is 0.0992 e. The fourth-order valence-electron chi connectivity index (χ4n) is 2.54. The maximum Gasteiger partial charge on any atom is 0.0992 e. The molecule has 1 aliphatic heterocycles. The Hall–Kier alpha value is -1.24. The Kier molecular flexibility index (Phi) is 5.07. The summed E-state index contributed by atoms with van der Waals surface area (Å²) in [6.45, 7) is 5.73. The number of likely N-dealkylation sites (tertiary alicyclic amines) is 1. The summed E-state index contributed by atoms with van der Waals surface area (Å²) in [5.41, 5.74) is 1.54. The number of rotatable bonds is 4. The first-order chi connectivity index (χ1) is 9.22. The van der Waals surface area contributed by atoms with Gasteiger partial charge in [0.1, 0.15) is 0 Å². The van der Waals surface area contributed by atoms with Gasteiger partial charge in [-0.25, -0.2) is 0 Å². The topological polar surface area (TPSA) is 39.1 Å². The normalized spacial score (nSPS) is 17.1. The molecule has 0 saturated carbocycles. The van der Waals surface area contributed by atoms with Crippen LogP contribution in [0.4, 0.5) is 5.69 Å². The minimum absolute atomic E-state index is 0.485. The molecule has 2 rings (SSSR count). The van der Waals surface area contributed by atoms with Crippen LogP contribution in [-0.2, 0) is 0 Å². The second-order valence-corrected chi connectivity index (χ2v) is 5.47. The predicted molar refractivity (Wildman–Crippen MR) is 79.5 cm³/mol. The van der Waals surface area contributed by atoms with Gasteiger partial charge < -0.3 is 10.2 Å². The molecule has 1 aliphatic rings. The van der Waals surface area contributed by atoms with Crippen LogP contribution in [0.5, 0.6) is 0 Å². The summed E-state index contributed by atoms with van der Waals surface area (Å²) < 4.78 is 0. The third-order valence-corrected chi connectivity index (χ3v) is 3.90. The first-order valence-corrected chi connectivity index (χ1v) is 7.29. The highest BCUT2D eigenvalue weighted by Gasteiger charge is 2.18. The van der Waals surface area contributed by atoms with Gasteiger partial charge in [-0.3, -0.25) is 0 Å². The number of halogens is 1. The van der Waals surface area contributed by atoms with Crippen molar-refractivity contribution in [2.75, 3.05) is 25.0 Å². The third-order valence-electron chi connectivity index (χ3n) is 3.59. The van der Waals surface area contributed by atoms with Crippen LogP contribution in [0.15, 0.2) is 18.2 Å².